The standard InChI is InChI=1S/C13H18ClN3O3/c1-16(2)6-9-5-10(18)7-17(9)12-4-8(13(19)20)3-11(14)15-12/h3-4,9-10,18H,5-7H2,1-2H3,(H,19,20). The van der Waals surface area contributed by atoms with Gasteiger partial charge in [-0.2, -0.15) is 0 Å². The number of rotatable bonds is 4. The smallest absolute Gasteiger partial charge is 0.335 e. The van der Waals surface area contributed by atoms with Crippen LogP contribution in [0.3, 0.4) is 0 Å². The monoisotopic (exact) mass is 299 g/mol. The molecule has 0 aliphatic carbocycles. The van der Waals surface area contributed by atoms with Gasteiger partial charge in [0.05, 0.1) is 11.7 Å². The molecular formula is C13H18ClN3O3. The van der Waals surface area contributed by atoms with Gasteiger partial charge in [0.1, 0.15) is 11.0 Å². The maximum atomic E-state index is 11.1. The average molecular weight is 300 g/mol. The Kier molecular flexibility index (Phi) is 4.47. The van der Waals surface area contributed by atoms with E-state index in [1.165, 1.54) is 12.1 Å². The molecule has 0 aromatic carbocycles. The molecule has 2 atom stereocenters. The van der Waals surface area contributed by atoms with E-state index in [0.29, 0.717) is 18.8 Å². The topological polar surface area (TPSA) is 76.9 Å². The minimum Gasteiger partial charge on any atom is -0.478 e. The van der Waals surface area contributed by atoms with Gasteiger partial charge in [-0.05, 0) is 32.6 Å². The van der Waals surface area contributed by atoms with Gasteiger partial charge >= 0.3 is 5.97 Å². The van der Waals surface area contributed by atoms with E-state index < -0.39 is 12.1 Å². The summed E-state index contributed by atoms with van der Waals surface area (Å²) in [7, 11) is 3.91. The third-order valence-electron chi connectivity index (χ3n) is 3.29. The van der Waals surface area contributed by atoms with E-state index in [1.54, 1.807) is 0 Å². The van der Waals surface area contributed by atoms with Gasteiger partial charge in [-0.1, -0.05) is 11.6 Å². The Morgan fingerprint density at radius 1 is 1.55 bits per heavy atom. The molecule has 110 valence electrons. The molecule has 1 aromatic rings. The number of aromatic carboxylic acids is 1. The van der Waals surface area contributed by atoms with Crippen LogP contribution >= 0.6 is 11.6 Å². The van der Waals surface area contributed by atoms with Gasteiger partial charge < -0.3 is 20.0 Å². The number of aliphatic hydroxyl groups is 1. The number of carboxylic acids is 1. The van der Waals surface area contributed by atoms with Crippen molar-refractivity contribution >= 4 is 23.4 Å². The first kappa shape index (κ1) is 15.0. The number of aliphatic hydroxyl groups excluding tert-OH is 1. The van der Waals surface area contributed by atoms with E-state index in [0.717, 1.165) is 6.54 Å². The zero-order valence-electron chi connectivity index (χ0n) is 11.5. The van der Waals surface area contributed by atoms with Crippen LogP contribution in [0.15, 0.2) is 12.1 Å². The van der Waals surface area contributed by atoms with Crippen LogP contribution in [0, 0.1) is 0 Å². The average Bonchev–Trinajstić information content (AvgIpc) is 2.68. The van der Waals surface area contributed by atoms with Crippen LogP contribution in [-0.4, -0.2) is 65.4 Å². The molecule has 0 radical (unpaired) electrons. The van der Waals surface area contributed by atoms with Crippen LogP contribution in [0.5, 0.6) is 0 Å². The molecule has 1 saturated heterocycles. The first-order valence-electron chi connectivity index (χ1n) is 6.37. The van der Waals surface area contributed by atoms with E-state index in [2.05, 4.69) is 4.98 Å². The quantitative estimate of drug-likeness (QED) is 0.806. The molecule has 1 aromatic heterocycles. The van der Waals surface area contributed by atoms with Crippen LogP contribution in [0.2, 0.25) is 5.15 Å². The minimum absolute atomic E-state index is 0.0904. The second-order valence-corrected chi connectivity index (χ2v) is 5.69. The fourth-order valence-electron chi connectivity index (χ4n) is 2.52. The first-order chi connectivity index (χ1) is 9.36. The molecule has 0 spiro atoms. The summed E-state index contributed by atoms with van der Waals surface area (Å²) in [6.45, 7) is 1.19. The van der Waals surface area contributed by atoms with Gasteiger partial charge in [0.25, 0.3) is 0 Å². The van der Waals surface area contributed by atoms with Crippen LogP contribution < -0.4 is 4.90 Å². The van der Waals surface area contributed by atoms with E-state index in [-0.39, 0.29) is 16.8 Å². The molecule has 2 unspecified atom stereocenters. The van der Waals surface area contributed by atoms with Crippen molar-refractivity contribution in [3.63, 3.8) is 0 Å². The number of carbonyl (C=O) groups is 1. The Hall–Kier alpha value is -1.37. The molecule has 2 rings (SSSR count). The van der Waals surface area contributed by atoms with E-state index >= 15 is 0 Å². The second kappa shape index (κ2) is 5.95. The number of nitrogens with zero attached hydrogens (tertiary/aromatic N) is 3. The SMILES string of the molecule is CN(C)CC1CC(O)CN1c1cc(C(=O)O)cc(Cl)n1. The summed E-state index contributed by atoms with van der Waals surface area (Å²) in [5.41, 5.74) is 0.102. The van der Waals surface area contributed by atoms with Crippen molar-refractivity contribution in [3.05, 3.63) is 22.8 Å². The number of hydrogen-bond acceptors (Lipinski definition) is 5. The summed E-state index contributed by atoms with van der Waals surface area (Å²) in [6, 6.07) is 2.91. The second-order valence-electron chi connectivity index (χ2n) is 5.30. The lowest BCUT2D eigenvalue weighted by Crippen LogP contribution is -2.38. The zero-order valence-corrected chi connectivity index (χ0v) is 12.2. The van der Waals surface area contributed by atoms with Crippen LogP contribution in [0.25, 0.3) is 0 Å². The molecule has 1 aliphatic rings. The number of pyridine rings is 1. The van der Waals surface area contributed by atoms with Gasteiger partial charge in [0.15, 0.2) is 0 Å². The Morgan fingerprint density at radius 3 is 2.85 bits per heavy atom. The molecule has 6 nitrogen and oxygen atoms in total. The lowest BCUT2D eigenvalue weighted by Gasteiger charge is -2.28. The third kappa shape index (κ3) is 3.39. The maximum Gasteiger partial charge on any atom is 0.335 e. The fourth-order valence-corrected chi connectivity index (χ4v) is 2.72. The molecule has 0 amide bonds. The van der Waals surface area contributed by atoms with E-state index in [9.17, 15) is 9.90 Å². The highest BCUT2D eigenvalue weighted by Crippen LogP contribution is 2.27. The van der Waals surface area contributed by atoms with Crippen molar-refractivity contribution in [2.24, 2.45) is 0 Å². The highest BCUT2D eigenvalue weighted by Gasteiger charge is 2.32. The number of hydrogen-bond donors (Lipinski definition) is 2. The largest absolute Gasteiger partial charge is 0.478 e. The van der Waals surface area contributed by atoms with Gasteiger partial charge in [-0.15, -0.1) is 0 Å². The van der Waals surface area contributed by atoms with Crippen molar-refractivity contribution in [2.75, 3.05) is 32.1 Å². The lowest BCUT2D eigenvalue weighted by atomic mass is 10.2. The van der Waals surface area contributed by atoms with Crippen LogP contribution in [-0.2, 0) is 0 Å². The summed E-state index contributed by atoms with van der Waals surface area (Å²) < 4.78 is 0. The van der Waals surface area contributed by atoms with Gasteiger partial charge in [0.2, 0.25) is 0 Å². The molecule has 1 aliphatic heterocycles. The van der Waals surface area contributed by atoms with Crippen molar-refractivity contribution in [1.82, 2.24) is 9.88 Å². The van der Waals surface area contributed by atoms with Crippen molar-refractivity contribution in [3.8, 4) is 0 Å². The molecule has 20 heavy (non-hydrogen) atoms. The third-order valence-corrected chi connectivity index (χ3v) is 3.48. The summed E-state index contributed by atoms with van der Waals surface area (Å²) in [5, 5.41) is 19.1. The number of carboxylic acid groups (broad SMARTS) is 1. The molecule has 2 N–H and O–H groups in total. The predicted octanol–water partition coefficient (Wildman–Crippen LogP) is 0.934. The summed E-state index contributed by atoms with van der Waals surface area (Å²) in [4.78, 5) is 19.2. The Morgan fingerprint density at radius 2 is 2.25 bits per heavy atom. The van der Waals surface area contributed by atoms with Gasteiger partial charge in [0, 0.05) is 19.1 Å². The van der Waals surface area contributed by atoms with Crippen molar-refractivity contribution in [1.29, 1.82) is 0 Å². The van der Waals surface area contributed by atoms with E-state index in [1.807, 2.05) is 23.9 Å². The Labute approximate surface area is 122 Å². The lowest BCUT2D eigenvalue weighted by molar-refractivity contribution is 0.0696. The molecular weight excluding hydrogens is 282 g/mol. The van der Waals surface area contributed by atoms with Crippen molar-refractivity contribution in [2.45, 2.75) is 18.6 Å². The molecule has 0 saturated carbocycles. The van der Waals surface area contributed by atoms with Crippen molar-refractivity contribution < 1.29 is 15.0 Å². The number of likely N-dealkylation sites (N-methyl/N-ethyl adjacent to an activating group) is 1. The normalized spacial score (nSPS) is 22.6. The first-order valence-corrected chi connectivity index (χ1v) is 6.75. The van der Waals surface area contributed by atoms with Gasteiger partial charge in [-0.3, -0.25) is 0 Å². The maximum absolute atomic E-state index is 11.1. The Bertz CT molecular complexity index is 510. The summed E-state index contributed by atoms with van der Waals surface area (Å²) in [5.74, 6) is -0.544. The summed E-state index contributed by atoms with van der Waals surface area (Å²) in [6.07, 6.45) is 0.198. The number of anilines is 1. The van der Waals surface area contributed by atoms with E-state index in [4.69, 9.17) is 16.7 Å². The number of β-amino-alcohol motifs (C(OH)–C–C–N with tert-alkyl or cyclic N) is 1. The molecule has 2 heterocycles. The number of aromatic nitrogens is 1. The highest BCUT2D eigenvalue weighted by atomic mass is 35.5. The molecule has 7 heteroatoms. The minimum atomic E-state index is -1.04. The molecule has 1 fully saturated rings. The van der Waals surface area contributed by atoms with Gasteiger partial charge in [-0.25, -0.2) is 9.78 Å². The number of halogens is 1. The Balaban J connectivity index is 2.31. The molecule has 0 bridgehead atoms. The van der Waals surface area contributed by atoms with Crippen LogP contribution in [0.1, 0.15) is 16.8 Å². The summed E-state index contributed by atoms with van der Waals surface area (Å²) >= 11 is 5.89. The van der Waals surface area contributed by atoms with Crippen LogP contribution in [0.4, 0.5) is 5.82 Å². The predicted molar refractivity (Wildman–Crippen MR) is 76.5 cm³/mol. The highest BCUT2D eigenvalue weighted by molar-refractivity contribution is 6.29. The fraction of sp³-hybridized carbons (Fsp3) is 0.538. The zero-order chi connectivity index (χ0) is 14.9.